The van der Waals surface area contributed by atoms with Crippen LogP contribution in [0.5, 0.6) is 0 Å². The van der Waals surface area contributed by atoms with Gasteiger partial charge in [0.1, 0.15) is 5.69 Å². The lowest BCUT2D eigenvalue weighted by Gasteiger charge is -2.07. The van der Waals surface area contributed by atoms with E-state index in [0.29, 0.717) is 6.04 Å². The average molecular weight is 154 g/mol. The SMILES string of the molecule is C[C@H]1CNc2nonc2CN1. The number of nitrogens with one attached hydrogen (secondary N) is 2. The van der Waals surface area contributed by atoms with Crippen molar-refractivity contribution in [3.8, 4) is 0 Å². The molecular weight excluding hydrogens is 144 g/mol. The van der Waals surface area contributed by atoms with Gasteiger partial charge in [-0.15, -0.1) is 0 Å². The highest BCUT2D eigenvalue weighted by Crippen LogP contribution is 2.11. The van der Waals surface area contributed by atoms with E-state index in [-0.39, 0.29) is 0 Å². The minimum Gasteiger partial charge on any atom is -0.364 e. The summed E-state index contributed by atoms with van der Waals surface area (Å²) in [6, 6.07) is 0.450. The maximum atomic E-state index is 4.56. The molecule has 0 bridgehead atoms. The molecule has 0 aromatic carbocycles. The van der Waals surface area contributed by atoms with Crippen molar-refractivity contribution in [3.63, 3.8) is 0 Å². The normalized spacial score (nSPS) is 23.5. The Hall–Kier alpha value is -1.10. The number of fused-ring (bicyclic) bond motifs is 1. The standard InChI is InChI=1S/C6H10N4O/c1-4-2-8-6-5(3-7-4)9-11-10-6/h4,7H,2-3H2,1H3,(H,8,10)/t4-/m0/s1. The predicted octanol–water partition coefficient (Wildman–Crippen LogP) is -0.0268. The molecule has 0 fully saturated rings. The average Bonchev–Trinajstić information content (AvgIpc) is 2.38. The molecule has 0 unspecified atom stereocenters. The summed E-state index contributed by atoms with van der Waals surface area (Å²) in [5, 5.41) is 13.8. The Bertz CT molecular complexity index is 224. The van der Waals surface area contributed by atoms with Crippen LogP contribution in [-0.4, -0.2) is 22.9 Å². The first kappa shape index (κ1) is 6.60. The van der Waals surface area contributed by atoms with Gasteiger partial charge >= 0.3 is 0 Å². The summed E-state index contributed by atoms with van der Waals surface area (Å²) >= 11 is 0. The van der Waals surface area contributed by atoms with Gasteiger partial charge < -0.3 is 10.6 Å². The molecule has 1 aliphatic rings. The Kier molecular flexibility index (Phi) is 1.50. The smallest absolute Gasteiger partial charge is 0.195 e. The van der Waals surface area contributed by atoms with Gasteiger partial charge in [0.2, 0.25) is 0 Å². The van der Waals surface area contributed by atoms with Crippen molar-refractivity contribution in [2.45, 2.75) is 19.5 Å². The van der Waals surface area contributed by atoms with Crippen LogP contribution in [-0.2, 0) is 6.54 Å². The Morgan fingerprint density at radius 3 is 3.36 bits per heavy atom. The zero-order chi connectivity index (χ0) is 7.68. The van der Waals surface area contributed by atoms with Gasteiger partial charge in [-0.1, -0.05) is 5.16 Å². The number of aromatic nitrogens is 2. The van der Waals surface area contributed by atoms with Crippen LogP contribution in [0.1, 0.15) is 12.6 Å². The number of hydrogen-bond acceptors (Lipinski definition) is 5. The lowest BCUT2D eigenvalue weighted by atomic mass is 10.3. The zero-order valence-electron chi connectivity index (χ0n) is 6.29. The van der Waals surface area contributed by atoms with E-state index < -0.39 is 0 Å². The lowest BCUT2D eigenvalue weighted by Crippen LogP contribution is -2.29. The van der Waals surface area contributed by atoms with Crippen LogP contribution in [0.4, 0.5) is 5.82 Å². The highest BCUT2D eigenvalue weighted by molar-refractivity contribution is 5.38. The minimum atomic E-state index is 0.450. The van der Waals surface area contributed by atoms with Crippen LogP contribution in [0.15, 0.2) is 4.63 Å². The van der Waals surface area contributed by atoms with Crippen LogP contribution >= 0.6 is 0 Å². The van der Waals surface area contributed by atoms with E-state index in [1.54, 1.807) is 0 Å². The van der Waals surface area contributed by atoms with Crippen molar-refractivity contribution in [1.29, 1.82) is 0 Å². The highest BCUT2D eigenvalue weighted by atomic mass is 16.6. The summed E-state index contributed by atoms with van der Waals surface area (Å²) in [6.07, 6.45) is 0. The molecule has 1 aromatic heterocycles. The summed E-state index contributed by atoms with van der Waals surface area (Å²) < 4.78 is 4.56. The third kappa shape index (κ3) is 1.19. The van der Waals surface area contributed by atoms with Crippen LogP contribution in [0.3, 0.4) is 0 Å². The van der Waals surface area contributed by atoms with Crippen LogP contribution in [0.25, 0.3) is 0 Å². The van der Waals surface area contributed by atoms with Gasteiger partial charge in [-0.25, -0.2) is 4.63 Å². The van der Waals surface area contributed by atoms with Gasteiger partial charge in [0.15, 0.2) is 5.82 Å². The first-order chi connectivity index (χ1) is 5.36. The molecule has 1 aliphatic heterocycles. The molecule has 0 spiro atoms. The summed E-state index contributed by atoms with van der Waals surface area (Å²) in [4.78, 5) is 0. The topological polar surface area (TPSA) is 63.0 Å². The molecule has 2 heterocycles. The van der Waals surface area contributed by atoms with Crippen LogP contribution in [0, 0.1) is 0 Å². The molecule has 11 heavy (non-hydrogen) atoms. The maximum Gasteiger partial charge on any atom is 0.195 e. The van der Waals surface area contributed by atoms with Crippen molar-refractivity contribution in [3.05, 3.63) is 5.69 Å². The molecule has 2 rings (SSSR count). The fourth-order valence-corrected chi connectivity index (χ4v) is 1.05. The quantitative estimate of drug-likeness (QED) is 0.549. The molecule has 0 aliphatic carbocycles. The molecule has 1 atom stereocenters. The van der Waals surface area contributed by atoms with Gasteiger partial charge in [-0.3, -0.25) is 0 Å². The van der Waals surface area contributed by atoms with E-state index >= 15 is 0 Å². The molecule has 0 saturated heterocycles. The zero-order valence-corrected chi connectivity index (χ0v) is 6.29. The van der Waals surface area contributed by atoms with Crippen molar-refractivity contribution in [2.75, 3.05) is 11.9 Å². The summed E-state index contributed by atoms with van der Waals surface area (Å²) in [5.41, 5.74) is 0.856. The lowest BCUT2D eigenvalue weighted by molar-refractivity contribution is 0.302. The van der Waals surface area contributed by atoms with Gasteiger partial charge in [-0.2, -0.15) is 0 Å². The molecule has 2 N–H and O–H groups in total. The Balaban J connectivity index is 2.20. The number of anilines is 1. The van der Waals surface area contributed by atoms with Gasteiger partial charge in [0, 0.05) is 19.1 Å². The molecular formula is C6H10N4O. The molecule has 60 valence electrons. The fraction of sp³-hybridized carbons (Fsp3) is 0.667. The van der Waals surface area contributed by atoms with Gasteiger partial charge in [-0.05, 0) is 12.1 Å². The molecule has 5 nitrogen and oxygen atoms in total. The maximum absolute atomic E-state index is 4.56. The van der Waals surface area contributed by atoms with Crippen molar-refractivity contribution in [1.82, 2.24) is 15.6 Å². The second-order valence-electron chi connectivity index (χ2n) is 2.72. The monoisotopic (exact) mass is 154 g/mol. The van der Waals surface area contributed by atoms with E-state index in [4.69, 9.17) is 0 Å². The summed E-state index contributed by atoms with van der Waals surface area (Å²) in [7, 11) is 0. The third-order valence-corrected chi connectivity index (χ3v) is 1.75. The molecule has 0 radical (unpaired) electrons. The Morgan fingerprint density at radius 2 is 2.45 bits per heavy atom. The van der Waals surface area contributed by atoms with E-state index in [9.17, 15) is 0 Å². The van der Waals surface area contributed by atoms with Crippen molar-refractivity contribution < 1.29 is 4.63 Å². The second-order valence-corrected chi connectivity index (χ2v) is 2.72. The van der Waals surface area contributed by atoms with E-state index in [1.807, 2.05) is 0 Å². The molecule has 0 amide bonds. The van der Waals surface area contributed by atoms with E-state index in [2.05, 4.69) is 32.5 Å². The van der Waals surface area contributed by atoms with Gasteiger partial charge in [0.25, 0.3) is 0 Å². The van der Waals surface area contributed by atoms with Crippen molar-refractivity contribution >= 4 is 5.82 Å². The number of nitrogens with zero attached hydrogens (tertiary/aromatic N) is 2. The third-order valence-electron chi connectivity index (χ3n) is 1.75. The number of rotatable bonds is 0. The van der Waals surface area contributed by atoms with E-state index in [1.165, 1.54) is 0 Å². The summed E-state index contributed by atoms with van der Waals surface area (Å²) in [6.45, 7) is 3.70. The summed E-state index contributed by atoms with van der Waals surface area (Å²) in [5.74, 6) is 0.766. The predicted molar refractivity (Wildman–Crippen MR) is 39.1 cm³/mol. The van der Waals surface area contributed by atoms with Crippen LogP contribution < -0.4 is 10.6 Å². The van der Waals surface area contributed by atoms with E-state index in [0.717, 1.165) is 24.6 Å². The first-order valence-corrected chi connectivity index (χ1v) is 3.65. The molecule has 1 aromatic rings. The fourth-order valence-electron chi connectivity index (χ4n) is 1.05. The highest BCUT2D eigenvalue weighted by Gasteiger charge is 2.15. The first-order valence-electron chi connectivity index (χ1n) is 3.65. The Morgan fingerprint density at radius 1 is 1.55 bits per heavy atom. The van der Waals surface area contributed by atoms with Gasteiger partial charge in [0.05, 0.1) is 0 Å². The largest absolute Gasteiger partial charge is 0.364 e. The Labute approximate surface area is 64.1 Å². The number of hydrogen-bond donors (Lipinski definition) is 2. The minimum absolute atomic E-state index is 0.450. The molecule has 0 saturated carbocycles. The molecule has 5 heteroatoms. The second kappa shape index (κ2) is 2.50. The van der Waals surface area contributed by atoms with Crippen LogP contribution in [0.2, 0.25) is 0 Å². The van der Waals surface area contributed by atoms with Crippen molar-refractivity contribution in [2.24, 2.45) is 0 Å².